The number of tetrazole rings is 1. The fourth-order valence-corrected chi connectivity index (χ4v) is 2.91. The lowest BCUT2D eigenvalue weighted by Gasteiger charge is -2.14. The summed E-state index contributed by atoms with van der Waals surface area (Å²) in [6.07, 6.45) is 3.11. The van der Waals surface area contributed by atoms with Crippen LogP contribution in [-0.2, 0) is 11.3 Å². The van der Waals surface area contributed by atoms with Gasteiger partial charge in [0.05, 0.1) is 11.7 Å². The summed E-state index contributed by atoms with van der Waals surface area (Å²) < 4.78 is 1.67. The number of carbonyl (C=O) groups excluding carboxylic acids is 1. The molecule has 0 spiro atoms. The molecule has 0 saturated heterocycles. The highest BCUT2D eigenvalue weighted by molar-refractivity contribution is 6.30. The highest BCUT2D eigenvalue weighted by Gasteiger charge is 2.13. The van der Waals surface area contributed by atoms with Crippen molar-refractivity contribution in [2.75, 3.05) is 0 Å². The Labute approximate surface area is 171 Å². The van der Waals surface area contributed by atoms with E-state index in [1.807, 2.05) is 31.2 Å². The molecule has 1 atom stereocenters. The normalized spacial score (nSPS) is 11.9. The lowest BCUT2D eigenvalue weighted by atomic mass is 10.1. The summed E-state index contributed by atoms with van der Waals surface area (Å²) in [6, 6.07) is 14.6. The average Bonchev–Trinajstić information content (AvgIpc) is 3.41. The number of hydrogen-bond donors (Lipinski definition) is 1. The number of nitrogens with zero attached hydrogens (tertiary/aromatic N) is 7. The van der Waals surface area contributed by atoms with Gasteiger partial charge < -0.3 is 5.32 Å². The third-order valence-corrected chi connectivity index (χ3v) is 4.55. The van der Waals surface area contributed by atoms with E-state index >= 15 is 0 Å². The Hall–Kier alpha value is -3.59. The number of rotatable bonds is 6. The first kappa shape index (κ1) is 18.8. The monoisotopic (exact) mass is 408 g/mol. The summed E-state index contributed by atoms with van der Waals surface area (Å²) in [5.41, 5.74) is 2.64. The van der Waals surface area contributed by atoms with Crippen LogP contribution in [-0.4, -0.2) is 40.9 Å². The van der Waals surface area contributed by atoms with Gasteiger partial charge in [-0.3, -0.25) is 4.79 Å². The molecule has 4 aromatic rings. The topological polar surface area (TPSA) is 103 Å². The molecular weight excluding hydrogens is 392 g/mol. The Morgan fingerprint density at radius 1 is 1.14 bits per heavy atom. The zero-order valence-electron chi connectivity index (χ0n) is 15.5. The second kappa shape index (κ2) is 8.19. The van der Waals surface area contributed by atoms with Crippen LogP contribution in [0, 0.1) is 0 Å². The molecule has 0 aliphatic heterocycles. The molecule has 2 aromatic carbocycles. The van der Waals surface area contributed by atoms with Gasteiger partial charge in [-0.15, -0.1) is 10.2 Å². The van der Waals surface area contributed by atoms with Crippen molar-refractivity contribution >= 4 is 17.5 Å². The zero-order valence-corrected chi connectivity index (χ0v) is 16.2. The van der Waals surface area contributed by atoms with Crippen LogP contribution in [0.4, 0.5) is 0 Å². The van der Waals surface area contributed by atoms with Gasteiger partial charge in [0.25, 0.3) is 0 Å². The number of aromatic nitrogens is 7. The summed E-state index contributed by atoms with van der Waals surface area (Å²) in [7, 11) is 0. The molecule has 10 heteroatoms. The molecule has 0 radical (unpaired) electrons. The maximum atomic E-state index is 12.4. The van der Waals surface area contributed by atoms with Crippen LogP contribution in [0.15, 0.2) is 61.2 Å². The van der Waals surface area contributed by atoms with E-state index in [-0.39, 0.29) is 18.5 Å². The van der Waals surface area contributed by atoms with Crippen molar-refractivity contribution in [3.8, 4) is 17.1 Å². The van der Waals surface area contributed by atoms with E-state index in [2.05, 4.69) is 30.8 Å². The van der Waals surface area contributed by atoms with Gasteiger partial charge in [-0.2, -0.15) is 9.90 Å². The van der Waals surface area contributed by atoms with Gasteiger partial charge in [0.15, 0.2) is 0 Å². The summed E-state index contributed by atoms with van der Waals surface area (Å²) in [6.45, 7) is 1.89. The lowest BCUT2D eigenvalue weighted by molar-refractivity contribution is -0.122. The van der Waals surface area contributed by atoms with Gasteiger partial charge in [0, 0.05) is 10.6 Å². The fourth-order valence-electron chi connectivity index (χ4n) is 2.78. The van der Waals surface area contributed by atoms with Gasteiger partial charge >= 0.3 is 0 Å². The number of hydrogen-bond acceptors (Lipinski definition) is 6. The first-order valence-electron chi connectivity index (χ1n) is 8.86. The molecule has 1 amide bonds. The number of amides is 1. The maximum Gasteiger partial charge on any atom is 0.244 e. The molecule has 0 saturated carbocycles. The van der Waals surface area contributed by atoms with Gasteiger partial charge in [0.2, 0.25) is 11.7 Å². The smallest absolute Gasteiger partial charge is 0.244 e. The Balaban J connectivity index is 1.36. The second-order valence-corrected chi connectivity index (χ2v) is 6.81. The molecule has 4 rings (SSSR count). The third kappa shape index (κ3) is 4.46. The van der Waals surface area contributed by atoms with Crippen LogP contribution < -0.4 is 5.32 Å². The van der Waals surface area contributed by atoms with Crippen molar-refractivity contribution in [1.82, 2.24) is 40.3 Å². The molecule has 0 bridgehead atoms. The minimum absolute atomic E-state index is 0.0258. The second-order valence-electron chi connectivity index (χ2n) is 6.37. The van der Waals surface area contributed by atoms with E-state index in [0.717, 1.165) is 16.8 Å². The average molecular weight is 409 g/mol. The molecule has 29 heavy (non-hydrogen) atoms. The fraction of sp³-hybridized carbons (Fsp3) is 0.158. The van der Waals surface area contributed by atoms with E-state index in [1.165, 1.54) is 11.1 Å². The number of benzene rings is 2. The van der Waals surface area contributed by atoms with Crippen LogP contribution in [0.5, 0.6) is 0 Å². The zero-order chi connectivity index (χ0) is 20.2. The number of halogens is 1. The SMILES string of the molecule is CC(NC(=O)Cn1nnc(-c2ccc(Cl)cc2)n1)c1ccc(-n2cncn2)cc1. The van der Waals surface area contributed by atoms with Crippen LogP contribution in [0.3, 0.4) is 0 Å². The van der Waals surface area contributed by atoms with E-state index in [1.54, 1.807) is 35.3 Å². The third-order valence-electron chi connectivity index (χ3n) is 4.29. The van der Waals surface area contributed by atoms with Crippen LogP contribution >= 0.6 is 11.6 Å². The van der Waals surface area contributed by atoms with E-state index in [0.29, 0.717) is 10.8 Å². The Bertz CT molecular complexity index is 1090. The number of carbonyl (C=O) groups is 1. The predicted molar refractivity (Wildman–Crippen MR) is 106 cm³/mol. The molecule has 1 N–H and O–H groups in total. The van der Waals surface area contributed by atoms with Gasteiger partial charge in [-0.1, -0.05) is 23.7 Å². The minimum atomic E-state index is -0.210. The van der Waals surface area contributed by atoms with Crippen molar-refractivity contribution in [1.29, 1.82) is 0 Å². The van der Waals surface area contributed by atoms with Gasteiger partial charge in [0.1, 0.15) is 19.2 Å². The molecule has 9 nitrogen and oxygen atoms in total. The molecule has 0 aliphatic rings. The molecule has 1 unspecified atom stereocenters. The summed E-state index contributed by atoms with van der Waals surface area (Å²) in [4.78, 5) is 17.6. The highest BCUT2D eigenvalue weighted by Crippen LogP contribution is 2.17. The Morgan fingerprint density at radius 2 is 1.90 bits per heavy atom. The quantitative estimate of drug-likeness (QED) is 0.525. The molecule has 2 heterocycles. The standard InChI is InChI=1S/C19H17ClN8O/c1-13(14-4-8-17(9-5-14)27-12-21-11-22-27)23-18(29)10-28-25-19(24-26-28)15-2-6-16(20)7-3-15/h2-9,11-13H,10H2,1H3,(H,23,29). The molecular formula is C19H17ClN8O. The lowest BCUT2D eigenvalue weighted by Crippen LogP contribution is -2.30. The predicted octanol–water partition coefficient (Wildman–Crippen LogP) is 2.45. The minimum Gasteiger partial charge on any atom is -0.348 e. The summed E-state index contributed by atoms with van der Waals surface area (Å²) in [5.74, 6) is 0.226. The highest BCUT2D eigenvalue weighted by atomic mass is 35.5. The molecule has 2 aromatic heterocycles. The van der Waals surface area contributed by atoms with Crippen molar-refractivity contribution in [3.05, 3.63) is 71.8 Å². The Kier molecular flexibility index (Phi) is 5.30. The largest absolute Gasteiger partial charge is 0.348 e. The van der Waals surface area contributed by atoms with Crippen molar-refractivity contribution in [3.63, 3.8) is 0 Å². The van der Waals surface area contributed by atoms with Gasteiger partial charge in [-0.05, 0) is 54.1 Å². The molecule has 0 fully saturated rings. The summed E-state index contributed by atoms with van der Waals surface area (Å²) in [5, 5.41) is 19.8. The van der Waals surface area contributed by atoms with Crippen LogP contribution in [0.25, 0.3) is 17.1 Å². The maximum absolute atomic E-state index is 12.4. The summed E-state index contributed by atoms with van der Waals surface area (Å²) >= 11 is 5.89. The first-order chi connectivity index (χ1) is 14.1. The number of nitrogens with one attached hydrogen (secondary N) is 1. The Morgan fingerprint density at radius 3 is 2.59 bits per heavy atom. The van der Waals surface area contributed by atoms with Crippen molar-refractivity contribution < 1.29 is 4.79 Å². The van der Waals surface area contributed by atoms with Crippen LogP contribution in [0.2, 0.25) is 5.02 Å². The van der Waals surface area contributed by atoms with Gasteiger partial charge in [-0.25, -0.2) is 9.67 Å². The first-order valence-corrected chi connectivity index (χ1v) is 9.24. The molecule has 146 valence electrons. The van der Waals surface area contributed by atoms with E-state index in [9.17, 15) is 4.79 Å². The van der Waals surface area contributed by atoms with Crippen molar-refractivity contribution in [2.45, 2.75) is 19.5 Å². The van der Waals surface area contributed by atoms with Crippen molar-refractivity contribution in [2.24, 2.45) is 0 Å². The molecule has 0 aliphatic carbocycles. The van der Waals surface area contributed by atoms with Crippen LogP contribution in [0.1, 0.15) is 18.5 Å². The van der Waals surface area contributed by atoms with E-state index in [4.69, 9.17) is 11.6 Å². The van der Waals surface area contributed by atoms with E-state index < -0.39 is 0 Å².